The molecule has 4 nitrogen and oxygen atoms in total. The molecule has 0 unspecified atom stereocenters. The highest BCUT2D eigenvalue weighted by Gasteiger charge is 2.04. The molecular formula is C13H12N2O2S. The highest BCUT2D eigenvalue weighted by atomic mass is 32.1. The molecular weight excluding hydrogens is 248 g/mol. The maximum absolute atomic E-state index is 10.0. The average molecular weight is 260 g/mol. The first-order valence-corrected chi connectivity index (χ1v) is 6.42. The number of aromatic nitrogens is 1. The molecule has 2 aromatic rings. The third kappa shape index (κ3) is 3.03. The minimum Gasteiger partial charge on any atom is -0.494 e. The lowest BCUT2D eigenvalue weighted by atomic mass is 10.2. The summed E-state index contributed by atoms with van der Waals surface area (Å²) in [5.74, 6) is 0.851. The molecule has 1 aromatic heterocycles. The Balaban J connectivity index is 2.15. The van der Waals surface area contributed by atoms with E-state index in [1.54, 1.807) is 0 Å². The minimum absolute atomic E-state index is 0.289. The van der Waals surface area contributed by atoms with Crippen LogP contribution >= 0.6 is 11.3 Å². The van der Waals surface area contributed by atoms with Gasteiger partial charge in [-0.05, 0) is 31.2 Å². The maximum atomic E-state index is 10.0. The van der Waals surface area contributed by atoms with E-state index in [4.69, 9.17) is 4.74 Å². The fourth-order valence-electron chi connectivity index (χ4n) is 1.49. The van der Waals surface area contributed by atoms with Crippen LogP contribution in [0.2, 0.25) is 0 Å². The van der Waals surface area contributed by atoms with Gasteiger partial charge in [-0.2, -0.15) is 4.99 Å². The van der Waals surface area contributed by atoms with Gasteiger partial charge >= 0.3 is 0 Å². The van der Waals surface area contributed by atoms with Crippen LogP contribution in [0.1, 0.15) is 12.6 Å². The molecule has 0 amide bonds. The van der Waals surface area contributed by atoms with Crippen molar-refractivity contribution < 1.29 is 9.53 Å². The van der Waals surface area contributed by atoms with Gasteiger partial charge in [0, 0.05) is 10.9 Å². The lowest BCUT2D eigenvalue weighted by Crippen LogP contribution is -1.90. The Labute approximate surface area is 109 Å². The lowest BCUT2D eigenvalue weighted by molar-refractivity contribution is 0.340. The molecule has 0 spiro atoms. The van der Waals surface area contributed by atoms with Crippen LogP contribution in [0.3, 0.4) is 0 Å². The smallest absolute Gasteiger partial charge is 0.235 e. The van der Waals surface area contributed by atoms with Crippen molar-refractivity contribution in [3.05, 3.63) is 35.3 Å². The Morgan fingerprint density at radius 2 is 2.17 bits per heavy atom. The number of benzene rings is 1. The third-order valence-electron chi connectivity index (χ3n) is 2.27. The van der Waals surface area contributed by atoms with E-state index in [9.17, 15) is 4.79 Å². The number of aliphatic imine (C=N–C) groups is 1. The van der Waals surface area contributed by atoms with Gasteiger partial charge in [0.1, 0.15) is 10.8 Å². The predicted octanol–water partition coefficient (Wildman–Crippen LogP) is 3.04. The summed E-state index contributed by atoms with van der Waals surface area (Å²) in [6, 6.07) is 7.78. The van der Waals surface area contributed by atoms with Gasteiger partial charge < -0.3 is 4.74 Å². The molecule has 0 saturated heterocycles. The zero-order valence-corrected chi connectivity index (χ0v) is 10.7. The lowest BCUT2D eigenvalue weighted by Gasteiger charge is -2.02. The number of carbonyl (C=O) groups excluding carboxylic acids is 1. The second-order valence-corrected chi connectivity index (χ2v) is 4.37. The highest BCUT2D eigenvalue weighted by molar-refractivity contribution is 7.13. The Morgan fingerprint density at radius 3 is 2.83 bits per heavy atom. The van der Waals surface area contributed by atoms with Crippen molar-refractivity contribution in [3.63, 3.8) is 0 Å². The summed E-state index contributed by atoms with van der Waals surface area (Å²) in [5.41, 5.74) is 1.82. The molecule has 0 fully saturated rings. The molecule has 0 saturated carbocycles. The van der Waals surface area contributed by atoms with Gasteiger partial charge in [-0.3, -0.25) is 0 Å². The molecule has 0 atom stereocenters. The largest absolute Gasteiger partial charge is 0.494 e. The predicted molar refractivity (Wildman–Crippen MR) is 70.5 cm³/mol. The van der Waals surface area contributed by atoms with Gasteiger partial charge in [0.15, 0.2) is 0 Å². The van der Waals surface area contributed by atoms with Gasteiger partial charge in [0.05, 0.1) is 18.8 Å². The molecule has 0 aliphatic carbocycles. The van der Waals surface area contributed by atoms with Crippen LogP contribution in [-0.4, -0.2) is 17.7 Å². The van der Waals surface area contributed by atoms with E-state index in [2.05, 4.69) is 9.98 Å². The summed E-state index contributed by atoms with van der Waals surface area (Å²) in [6.07, 6.45) is 1.51. The maximum Gasteiger partial charge on any atom is 0.235 e. The summed E-state index contributed by atoms with van der Waals surface area (Å²) in [5, 5.41) is 2.81. The fourth-order valence-corrected chi connectivity index (χ4v) is 2.30. The standard InChI is InChI=1S/C13H12N2O2S/c1-2-17-12-5-3-10(4-6-12)13-15-11(8-18-13)7-14-9-16/h3-6,8H,2,7H2,1H3. The van der Waals surface area contributed by atoms with Crippen LogP contribution in [-0.2, 0) is 11.3 Å². The molecule has 1 aromatic carbocycles. The van der Waals surface area contributed by atoms with E-state index in [1.807, 2.05) is 36.6 Å². The van der Waals surface area contributed by atoms with Crippen molar-refractivity contribution >= 4 is 17.4 Å². The molecule has 1 heterocycles. The first kappa shape index (κ1) is 12.5. The summed E-state index contributed by atoms with van der Waals surface area (Å²) in [7, 11) is 0. The van der Waals surface area contributed by atoms with Gasteiger partial charge in [-0.15, -0.1) is 11.3 Å². The number of isocyanates is 1. The number of rotatable bonds is 5. The number of hydrogen-bond donors (Lipinski definition) is 0. The van der Waals surface area contributed by atoms with E-state index in [0.29, 0.717) is 6.61 Å². The van der Waals surface area contributed by atoms with Crippen molar-refractivity contribution in [1.82, 2.24) is 4.98 Å². The second kappa shape index (κ2) is 6.10. The Bertz CT molecular complexity index is 557. The molecule has 0 aliphatic heterocycles. The summed E-state index contributed by atoms with van der Waals surface area (Å²) in [6.45, 7) is 2.90. The van der Waals surface area contributed by atoms with E-state index in [-0.39, 0.29) is 6.54 Å². The number of nitrogens with zero attached hydrogens (tertiary/aromatic N) is 2. The molecule has 92 valence electrons. The van der Waals surface area contributed by atoms with E-state index in [1.165, 1.54) is 17.4 Å². The minimum atomic E-state index is 0.289. The SMILES string of the molecule is CCOc1ccc(-c2nc(CN=C=O)cs2)cc1. The molecule has 0 N–H and O–H groups in total. The van der Waals surface area contributed by atoms with Crippen LogP contribution in [0.4, 0.5) is 0 Å². The van der Waals surface area contributed by atoms with Gasteiger partial charge in [-0.1, -0.05) is 0 Å². The van der Waals surface area contributed by atoms with Crippen molar-refractivity contribution in [3.8, 4) is 16.3 Å². The molecule has 18 heavy (non-hydrogen) atoms. The zero-order chi connectivity index (χ0) is 12.8. The third-order valence-corrected chi connectivity index (χ3v) is 3.21. The van der Waals surface area contributed by atoms with E-state index in [0.717, 1.165) is 22.0 Å². The van der Waals surface area contributed by atoms with Crippen LogP contribution < -0.4 is 4.74 Å². The first-order chi connectivity index (χ1) is 8.83. The topological polar surface area (TPSA) is 51.6 Å². The van der Waals surface area contributed by atoms with Crippen LogP contribution in [0, 0.1) is 0 Å². The summed E-state index contributed by atoms with van der Waals surface area (Å²) >= 11 is 1.53. The summed E-state index contributed by atoms with van der Waals surface area (Å²) < 4.78 is 5.38. The summed E-state index contributed by atoms with van der Waals surface area (Å²) in [4.78, 5) is 17.9. The van der Waals surface area contributed by atoms with Crippen molar-refractivity contribution in [1.29, 1.82) is 0 Å². The average Bonchev–Trinajstić information content (AvgIpc) is 2.86. The van der Waals surface area contributed by atoms with Crippen LogP contribution in [0.25, 0.3) is 10.6 Å². The quantitative estimate of drug-likeness (QED) is 0.613. The normalized spacial score (nSPS) is 9.83. The number of thiazole rings is 1. The first-order valence-electron chi connectivity index (χ1n) is 5.54. The fraction of sp³-hybridized carbons (Fsp3) is 0.231. The molecule has 0 aliphatic rings. The van der Waals surface area contributed by atoms with Gasteiger partial charge in [0.25, 0.3) is 0 Å². The van der Waals surface area contributed by atoms with Gasteiger partial charge in [-0.25, -0.2) is 9.78 Å². The van der Waals surface area contributed by atoms with Gasteiger partial charge in [0.2, 0.25) is 6.08 Å². The van der Waals surface area contributed by atoms with Crippen LogP contribution in [0.5, 0.6) is 5.75 Å². The van der Waals surface area contributed by atoms with E-state index < -0.39 is 0 Å². The number of hydrogen-bond acceptors (Lipinski definition) is 5. The molecule has 0 bridgehead atoms. The van der Waals surface area contributed by atoms with Crippen LogP contribution in [0.15, 0.2) is 34.6 Å². The second-order valence-electron chi connectivity index (χ2n) is 3.51. The number of ether oxygens (including phenoxy) is 1. The zero-order valence-electron chi connectivity index (χ0n) is 9.92. The Kier molecular flexibility index (Phi) is 4.23. The Hall–Kier alpha value is -1.97. The molecule has 0 radical (unpaired) electrons. The highest BCUT2D eigenvalue weighted by Crippen LogP contribution is 2.25. The molecule has 5 heteroatoms. The Morgan fingerprint density at radius 1 is 1.39 bits per heavy atom. The monoisotopic (exact) mass is 260 g/mol. The van der Waals surface area contributed by atoms with Crippen molar-refractivity contribution in [2.75, 3.05) is 6.61 Å². The van der Waals surface area contributed by atoms with E-state index >= 15 is 0 Å². The molecule has 2 rings (SSSR count). The van der Waals surface area contributed by atoms with Crippen molar-refractivity contribution in [2.45, 2.75) is 13.5 Å². The van der Waals surface area contributed by atoms with Crippen molar-refractivity contribution in [2.24, 2.45) is 4.99 Å².